The van der Waals surface area contributed by atoms with Gasteiger partial charge in [-0.1, -0.05) is 34.1 Å². The quantitative estimate of drug-likeness (QED) is 0.111. The fourth-order valence-electron chi connectivity index (χ4n) is 2.95. The molecule has 2 heterocycles. The predicted molar refractivity (Wildman–Crippen MR) is 243 cm³/mol. The van der Waals surface area contributed by atoms with E-state index in [0.29, 0.717) is 44.6 Å². The number of piperidine rings is 1. The molecule has 0 amide bonds. The maximum atomic E-state index is 8.25. The van der Waals surface area contributed by atoms with E-state index >= 15 is 0 Å². The van der Waals surface area contributed by atoms with Gasteiger partial charge in [0.15, 0.2) is 0 Å². The van der Waals surface area contributed by atoms with Crippen LogP contribution in [0.2, 0.25) is 0 Å². The summed E-state index contributed by atoms with van der Waals surface area (Å²) in [5.74, 6) is 0. The zero-order valence-corrected chi connectivity index (χ0v) is 40.9. The number of likely N-dealkylation sites (tertiary alicyclic amines) is 2. The molecule has 2 saturated heterocycles. The van der Waals surface area contributed by atoms with Crippen LogP contribution < -0.4 is 21.3 Å². The molecule has 55 heavy (non-hydrogen) atoms. The number of hydrogen-bond acceptors (Lipinski definition) is 13. The van der Waals surface area contributed by atoms with E-state index in [1.54, 1.807) is 35.3 Å². The monoisotopic (exact) mass is 804 g/mol. The predicted octanol–water partition coefficient (Wildman–Crippen LogP) is 5.13. The second-order valence-electron chi connectivity index (χ2n) is 14.9. The molecule has 2 fully saturated rings. The van der Waals surface area contributed by atoms with Gasteiger partial charge < -0.3 is 59.4 Å². The van der Waals surface area contributed by atoms with Gasteiger partial charge in [-0.25, -0.2) is 0 Å². The molecule has 1 atom stereocenters. The van der Waals surface area contributed by atoms with Crippen molar-refractivity contribution < 1.29 is 28.8 Å². The van der Waals surface area contributed by atoms with Gasteiger partial charge in [0.1, 0.15) is 6.23 Å². The minimum absolute atomic E-state index is 0.292. The third-order valence-corrected chi connectivity index (χ3v) is 6.80. The molecule has 2 aliphatic heterocycles. The Morgan fingerprint density at radius 1 is 0.600 bits per heavy atom. The molecule has 0 radical (unpaired) electrons. The molecule has 344 valence electrons. The van der Waals surface area contributed by atoms with Crippen molar-refractivity contribution in [2.75, 3.05) is 164 Å². The molecule has 0 saturated carbocycles. The van der Waals surface area contributed by atoms with Gasteiger partial charge in [-0.05, 0) is 162 Å². The number of rotatable bonds is 15. The van der Waals surface area contributed by atoms with Gasteiger partial charge >= 0.3 is 0 Å². The average Bonchev–Trinajstić information content (AvgIpc) is 3.63. The van der Waals surface area contributed by atoms with Crippen molar-refractivity contribution in [3.05, 3.63) is 0 Å². The first-order valence-corrected chi connectivity index (χ1v) is 20.8. The van der Waals surface area contributed by atoms with E-state index < -0.39 is 0 Å². The summed E-state index contributed by atoms with van der Waals surface area (Å²) in [7, 11) is 22.9. The van der Waals surface area contributed by atoms with Crippen LogP contribution >= 0.6 is 0 Å². The van der Waals surface area contributed by atoms with Crippen LogP contribution in [0.4, 0.5) is 0 Å². The van der Waals surface area contributed by atoms with Gasteiger partial charge in [0, 0.05) is 39.5 Å². The normalized spacial score (nSPS) is 14.0. The molecule has 1 unspecified atom stereocenters. The highest BCUT2D eigenvalue weighted by atomic mass is 16.5. The molecule has 0 spiro atoms. The molecular weight excluding hydrogens is 699 g/mol. The fourth-order valence-corrected chi connectivity index (χ4v) is 2.95. The Labute approximate surface area is 346 Å². The SMILES string of the molecule is CCCNC.CCCOCCOC.CN(C)C.CN1CCCC1.CN1CCCCC1.CNC(C)(C)C.CNC(C)C.CNC(C)O.COCCOCCOC. The van der Waals surface area contributed by atoms with E-state index in [9.17, 15) is 0 Å². The Bertz CT molecular complexity index is 554. The van der Waals surface area contributed by atoms with Gasteiger partial charge in [0.2, 0.25) is 0 Å². The van der Waals surface area contributed by atoms with Crippen LogP contribution in [0.1, 0.15) is 100 Å². The van der Waals surface area contributed by atoms with Gasteiger partial charge in [-0.3, -0.25) is 5.32 Å². The Morgan fingerprint density at radius 3 is 1.02 bits per heavy atom. The summed E-state index contributed by atoms with van der Waals surface area (Å²) in [4.78, 5) is 6.75. The van der Waals surface area contributed by atoms with Crippen molar-refractivity contribution in [3.8, 4) is 0 Å². The van der Waals surface area contributed by atoms with E-state index in [2.05, 4.69) is 93.6 Å². The lowest BCUT2D eigenvalue weighted by Gasteiger charge is -2.20. The molecule has 2 rings (SSSR count). The van der Waals surface area contributed by atoms with Crippen molar-refractivity contribution in [2.24, 2.45) is 0 Å². The first-order chi connectivity index (χ1) is 25.9. The van der Waals surface area contributed by atoms with Crippen LogP contribution in [0.3, 0.4) is 0 Å². The minimum atomic E-state index is -0.366. The molecule has 0 aliphatic carbocycles. The van der Waals surface area contributed by atoms with Crippen molar-refractivity contribution in [3.63, 3.8) is 0 Å². The molecule has 0 bridgehead atoms. The van der Waals surface area contributed by atoms with Gasteiger partial charge in [-0.2, -0.15) is 0 Å². The van der Waals surface area contributed by atoms with Crippen LogP contribution in [0, 0.1) is 0 Å². The summed E-state index contributed by atoms with van der Waals surface area (Å²) in [5.41, 5.74) is 0.292. The third-order valence-electron chi connectivity index (χ3n) is 6.80. The molecule has 0 aromatic heterocycles. The Balaban J connectivity index is -0.0000000952. The summed E-state index contributed by atoms with van der Waals surface area (Å²) in [6.45, 7) is 27.8. The molecule has 2 aliphatic rings. The van der Waals surface area contributed by atoms with Gasteiger partial charge in [0.25, 0.3) is 0 Å². The fraction of sp³-hybridized carbons (Fsp3) is 1.00. The van der Waals surface area contributed by atoms with Crippen LogP contribution in [0.15, 0.2) is 0 Å². The lowest BCUT2D eigenvalue weighted by atomic mass is 10.1. The molecule has 13 heteroatoms. The first kappa shape index (κ1) is 69.1. The standard InChI is InChI=1S/C6H13N.C6H14O3.C6H14O2.C5H11N.C5H13N.2C4H11N.C3H9NO.C3H9N/c1-7-5-3-2-4-6-7;1-7-3-5-9-6-4-8-2;1-3-4-8-6-5-7-2;1-6-4-2-3-5-6;1-5(2,3)6-4;1-4(2)5-3;1-3-4-5-2;1-3(5)4-2;1-4(2)3/h2-6H2,1H3;3-6H2,1-2H3;3-6H2,1-2H3;2-5H2,1H3;6H,1-4H3;4-5H,1-3H3;5H,3-4H2,1-2H3;3-5H,1-2H3;1-3H3. The molecule has 0 aromatic carbocycles. The smallest absolute Gasteiger partial charge is 0.101 e. The second-order valence-corrected chi connectivity index (χ2v) is 14.9. The second kappa shape index (κ2) is 62.7. The van der Waals surface area contributed by atoms with Gasteiger partial charge in [-0.15, -0.1) is 0 Å². The van der Waals surface area contributed by atoms with E-state index in [1.807, 2.05) is 47.2 Å². The lowest BCUT2D eigenvalue weighted by Crippen LogP contribution is -2.31. The Hall–Kier alpha value is -0.520. The van der Waals surface area contributed by atoms with Crippen molar-refractivity contribution >= 4 is 0 Å². The first-order valence-electron chi connectivity index (χ1n) is 20.8. The van der Waals surface area contributed by atoms with Gasteiger partial charge in [0.05, 0.1) is 39.6 Å². The number of nitrogens with zero attached hydrogens (tertiary/aromatic N) is 3. The topological polar surface area (TPSA) is 124 Å². The Kier molecular flexibility index (Phi) is 78.8. The van der Waals surface area contributed by atoms with E-state index in [4.69, 9.17) is 28.8 Å². The van der Waals surface area contributed by atoms with Crippen LogP contribution in [0.5, 0.6) is 0 Å². The highest BCUT2D eigenvalue weighted by molar-refractivity contribution is 4.65. The lowest BCUT2D eigenvalue weighted by molar-refractivity contribution is 0.0385. The summed E-state index contributed by atoms with van der Waals surface area (Å²) in [6, 6.07) is 0.634. The number of nitrogens with one attached hydrogen (secondary N) is 4. The van der Waals surface area contributed by atoms with E-state index in [1.165, 1.54) is 64.7 Å². The van der Waals surface area contributed by atoms with Crippen molar-refractivity contribution in [2.45, 2.75) is 118 Å². The summed E-state index contributed by atoms with van der Waals surface area (Å²) >= 11 is 0. The van der Waals surface area contributed by atoms with E-state index in [-0.39, 0.29) is 6.23 Å². The maximum absolute atomic E-state index is 8.25. The minimum Gasteiger partial charge on any atom is -0.382 e. The van der Waals surface area contributed by atoms with E-state index in [0.717, 1.165) is 26.2 Å². The zero-order valence-electron chi connectivity index (χ0n) is 40.9. The zero-order chi connectivity index (χ0) is 44.2. The van der Waals surface area contributed by atoms with Crippen molar-refractivity contribution in [1.29, 1.82) is 0 Å². The largest absolute Gasteiger partial charge is 0.382 e. The highest BCUT2D eigenvalue weighted by Crippen LogP contribution is 2.04. The summed E-state index contributed by atoms with van der Waals surface area (Å²) < 4.78 is 24.4. The number of methoxy groups -OCH3 is 3. The number of ether oxygens (including phenoxy) is 5. The molecular formula is C42H105N7O6. The summed E-state index contributed by atoms with van der Waals surface area (Å²) in [5, 5.41) is 20.0. The Morgan fingerprint density at radius 2 is 0.891 bits per heavy atom. The molecule has 0 aromatic rings. The van der Waals surface area contributed by atoms with Crippen LogP contribution in [-0.4, -0.2) is 201 Å². The average molecular weight is 804 g/mol. The highest BCUT2D eigenvalue weighted by Gasteiger charge is 2.04. The molecule has 5 N–H and O–H groups in total. The summed E-state index contributed by atoms with van der Waals surface area (Å²) in [6.07, 6.45) is 9.06. The number of hydrogen-bond donors (Lipinski definition) is 5. The van der Waals surface area contributed by atoms with Crippen molar-refractivity contribution in [1.82, 2.24) is 36.0 Å². The number of aliphatic hydroxyl groups is 1. The van der Waals surface area contributed by atoms with Crippen LogP contribution in [-0.2, 0) is 23.7 Å². The molecule has 13 nitrogen and oxygen atoms in total. The van der Waals surface area contributed by atoms with Crippen LogP contribution in [0.25, 0.3) is 0 Å². The third kappa shape index (κ3) is 119. The maximum Gasteiger partial charge on any atom is 0.101 e. The number of aliphatic hydroxyl groups excluding tert-OH is 1.